The molecule has 1 aliphatic rings. The molecule has 0 unspecified atom stereocenters. The molecule has 0 heterocycles. The molecule has 0 spiro atoms. The van der Waals surface area contributed by atoms with Crippen molar-refractivity contribution in [1.29, 1.82) is 0 Å². The lowest BCUT2D eigenvalue weighted by atomic mass is 9.95. The van der Waals surface area contributed by atoms with E-state index >= 15 is 0 Å². The highest BCUT2D eigenvalue weighted by molar-refractivity contribution is 7.89. The Hall–Kier alpha value is -2.25. The van der Waals surface area contributed by atoms with Crippen LogP contribution in [0.15, 0.2) is 53.4 Å². The third-order valence-electron chi connectivity index (χ3n) is 5.49. The second kappa shape index (κ2) is 9.05. The van der Waals surface area contributed by atoms with Crippen molar-refractivity contribution in [3.63, 3.8) is 0 Å². The van der Waals surface area contributed by atoms with Gasteiger partial charge in [0, 0.05) is 18.8 Å². The first-order chi connectivity index (χ1) is 13.8. The van der Waals surface area contributed by atoms with Gasteiger partial charge in [0.25, 0.3) is 0 Å². The minimum Gasteiger partial charge on any atom is -0.314 e. The molecule has 0 saturated heterocycles. The molecule has 156 valence electrons. The maximum absolute atomic E-state index is 13.4. The summed E-state index contributed by atoms with van der Waals surface area (Å²) < 4.78 is 41.3. The van der Waals surface area contributed by atoms with Crippen LogP contribution in [0.2, 0.25) is 0 Å². The number of carbonyl (C=O) groups excluding carboxylic acids is 1. The van der Waals surface area contributed by atoms with Crippen LogP contribution in [0.5, 0.6) is 0 Å². The van der Waals surface area contributed by atoms with Gasteiger partial charge >= 0.3 is 0 Å². The van der Waals surface area contributed by atoms with Gasteiger partial charge in [-0.3, -0.25) is 4.79 Å². The molecule has 1 aliphatic carbocycles. The summed E-state index contributed by atoms with van der Waals surface area (Å²) in [5.41, 5.74) is 1.49. The highest BCUT2D eigenvalue weighted by Crippen LogP contribution is 2.28. The molecule has 0 atom stereocenters. The van der Waals surface area contributed by atoms with E-state index in [0.29, 0.717) is 5.69 Å². The number of likely N-dealkylation sites (N-methyl/N-ethyl adjacent to an activating group) is 1. The Kier molecular flexibility index (Phi) is 6.70. The largest absolute Gasteiger partial charge is 0.314 e. The molecule has 5 nitrogen and oxygen atoms in total. The predicted octanol–water partition coefficient (Wildman–Crippen LogP) is 4.12. The van der Waals surface area contributed by atoms with Crippen LogP contribution >= 0.6 is 0 Å². The number of carbonyl (C=O) groups is 1. The molecule has 3 rings (SSSR count). The Labute approximate surface area is 172 Å². The Morgan fingerprint density at radius 1 is 1.00 bits per heavy atom. The van der Waals surface area contributed by atoms with E-state index in [1.165, 1.54) is 33.5 Å². The van der Waals surface area contributed by atoms with Crippen molar-refractivity contribution in [1.82, 2.24) is 4.31 Å². The number of benzene rings is 2. The summed E-state index contributed by atoms with van der Waals surface area (Å²) in [6.45, 7) is 1.66. The molecule has 1 fully saturated rings. The fourth-order valence-electron chi connectivity index (χ4n) is 3.67. The van der Waals surface area contributed by atoms with Gasteiger partial charge in [-0.1, -0.05) is 37.0 Å². The van der Waals surface area contributed by atoms with E-state index < -0.39 is 10.0 Å². The van der Waals surface area contributed by atoms with Gasteiger partial charge < -0.3 is 4.90 Å². The quantitative estimate of drug-likeness (QED) is 0.709. The number of hydrogen-bond donors (Lipinski definition) is 0. The van der Waals surface area contributed by atoms with Gasteiger partial charge in [0.1, 0.15) is 5.82 Å². The molecule has 0 bridgehead atoms. The van der Waals surface area contributed by atoms with Gasteiger partial charge in [0.15, 0.2) is 0 Å². The number of sulfonamides is 1. The van der Waals surface area contributed by atoms with E-state index in [1.807, 2.05) is 6.92 Å². The van der Waals surface area contributed by atoms with E-state index in [-0.39, 0.29) is 29.2 Å². The van der Waals surface area contributed by atoms with E-state index in [1.54, 1.807) is 31.3 Å². The first-order valence-corrected chi connectivity index (χ1v) is 11.3. The van der Waals surface area contributed by atoms with Crippen LogP contribution in [0.25, 0.3) is 0 Å². The summed E-state index contributed by atoms with van der Waals surface area (Å²) in [5.74, 6) is -0.738. The minimum absolute atomic E-state index is 0.194. The molecule has 1 saturated carbocycles. The molecule has 2 aromatic rings. The Balaban J connectivity index is 1.88. The summed E-state index contributed by atoms with van der Waals surface area (Å²) in [5, 5.41) is 0. The van der Waals surface area contributed by atoms with Crippen LogP contribution in [0.1, 0.15) is 37.7 Å². The van der Waals surface area contributed by atoms with Gasteiger partial charge in [0.2, 0.25) is 15.9 Å². The van der Waals surface area contributed by atoms with Crippen LogP contribution in [-0.4, -0.2) is 38.3 Å². The highest BCUT2D eigenvalue weighted by Gasteiger charge is 2.34. The Bertz CT molecular complexity index is 937. The molecule has 0 N–H and O–H groups in total. The van der Waals surface area contributed by atoms with Crippen LogP contribution in [-0.2, 0) is 14.8 Å². The lowest BCUT2D eigenvalue weighted by Gasteiger charge is -2.34. The molecule has 0 aliphatic heterocycles. The average molecular weight is 419 g/mol. The zero-order valence-electron chi connectivity index (χ0n) is 16.8. The number of nitrogens with zero attached hydrogens (tertiary/aromatic N) is 2. The second-order valence-corrected chi connectivity index (χ2v) is 9.47. The zero-order valence-corrected chi connectivity index (χ0v) is 17.7. The number of amides is 1. The fraction of sp³-hybridized carbons (Fsp3) is 0.409. The van der Waals surface area contributed by atoms with Crippen LogP contribution in [0.3, 0.4) is 0 Å². The molecule has 29 heavy (non-hydrogen) atoms. The van der Waals surface area contributed by atoms with Crippen LogP contribution in [0.4, 0.5) is 10.1 Å². The Morgan fingerprint density at radius 2 is 1.59 bits per heavy atom. The SMILES string of the molecule is Cc1ccc(S(=O)(=O)N(CC(=O)N(C)c2ccc(F)cc2)C2CCCCC2)cc1. The topological polar surface area (TPSA) is 57.7 Å². The summed E-state index contributed by atoms with van der Waals surface area (Å²) in [6, 6.07) is 12.1. The number of halogens is 1. The summed E-state index contributed by atoms with van der Waals surface area (Å²) in [6.07, 6.45) is 4.48. The number of rotatable bonds is 6. The first kappa shape index (κ1) is 21.5. The molecule has 7 heteroatoms. The number of hydrogen-bond acceptors (Lipinski definition) is 3. The zero-order chi connectivity index (χ0) is 21.0. The fourth-order valence-corrected chi connectivity index (χ4v) is 5.31. The van der Waals surface area contributed by atoms with E-state index in [0.717, 1.165) is 37.7 Å². The van der Waals surface area contributed by atoms with Crippen molar-refractivity contribution < 1.29 is 17.6 Å². The highest BCUT2D eigenvalue weighted by atomic mass is 32.2. The van der Waals surface area contributed by atoms with Gasteiger partial charge in [-0.2, -0.15) is 4.31 Å². The summed E-state index contributed by atoms with van der Waals surface area (Å²) in [7, 11) is -2.23. The Morgan fingerprint density at radius 3 is 2.17 bits per heavy atom. The minimum atomic E-state index is -3.81. The lowest BCUT2D eigenvalue weighted by Crippen LogP contribution is -2.47. The normalized spacial score (nSPS) is 15.4. The van der Waals surface area contributed by atoms with Crippen molar-refractivity contribution >= 4 is 21.6 Å². The van der Waals surface area contributed by atoms with Gasteiger partial charge in [-0.15, -0.1) is 0 Å². The summed E-state index contributed by atoms with van der Waals surface area (Å²) >= 11 is 0. The third kappa shape index (κ3) is 5.03. The molecule has 2 aromatic carbocycles. The standard InChI is InChI=1S/C22H27FN2O3S/c1-17-8-14-21(15-9-17)29(27,28)25(20-6-4-3-5-7-20)16-22(26)24(2)19-12-10-18(23)11-13-19/h8-15,20H,3-7,16H2,1-2H3. The van der Waals surface area contributed by atoms with E-state index in [4.69, 9.17) is 0 Å². The van der Waals surface area contributed by atoms with Crippen molar-refractivity contribution in [2.45, 2.75) is 50.0 Å². The van der Waals surface area contributed by atoms with Crippen LogP contribution in [0, 0.1) is 12.7 Å². The van der Waals surface area contributed by atoms with Crippen molar-refractivity contribution in [2.24, 2.45) is 0 Å². The van der Waals surface area contributed by atoms with Crippen molar-refractivity contribution in [3.8, 4) is 0 Å². The van der Waals surface area contributed by atoms with Crippen molar-refractivity contribution in [2.75, 3.05) is 18.5 Å². The molecule has 0 aromatic heterocycles. The molecular formula is C22H27FN2O3S. The monoisotopic (exact) mass is 418 g/mol. The molecule has 0 radical (unpaired) electrons. The van der Waals surface area contributed by atoms with Crippen LogP contribution < -0.4 is 4.90 Å². The van der Waals surface area contributed by atoms with Gasteiger partial charge in [0.05, 0.1) is 11.4 Å². The average Bonchev–Trinajstić information content (AvgIpc) is 2.72. The van der Waals surface area contributed by atoms with Gasteiger partial charge in [-0.25, -0.2) is 12.8 Å². The first-order valence-electron chi connectivity index (χ1n) is 9.89. The van der Waals surface area contributed by atoms with E-state index in [2.05, 4.69) is 0 Å². The summed E-state index contributed by atoms with van der Waals surface area (Å²) in [4.78, 5) is 14.5. The van der Waals surface area contributed by atoms with Crippen molar-refractivity contribution in [3.05, 3.63) is 59.9 Å². The molecular weight excluding hydrogens is 391 g/mol. The van der Waals surface area contributed by atoms with E-state index in [9.17, 15) is 17.6 Å². The van der Waals surface area contributed by atoms with Gasteiger partial charge in [-0.05, 0) is 56.2 Å². The number of anilines is 1. The lowest BCUT2D eigenvalue weighted by molar-refractivity contribution is -0.119. The smallest absolute Gasteiger partial charge is 0.243 e. The maximum atomic E-state index is 13.4. The predicted molar refractivity (Wildman–Crippen MR) is 112 cm³/mol. The second-order valence-electron chi connectivity index (χ2n) is 7.58. The molecule has 1 amide bonds. The number of aryl methyl sites for hydroxylation is 1. The maximum Gasteiger partial charge on any atom is 0.243 e. The third-order valence-corrected chi connectivity index (χ3v) is 7.40.